The molecule has 0 heterocycles. The first-order valence-electron chi connectivity index (χ1n) is 6.92. The summed E-state index contributed by atoms with van der Waals surface area (Å²) in [6.45, 7) is 5.29. The van der Waals surface area contributed by atoms with Gasteiger partial charge in [0.25, 0.3) is 0 Å². The Morgan fingerprint density at radius 2 is 2.20 bits per heavy atom. The van der Waals surface area contributed by atoms with Crippen molar-refractivity contribution in [3.05, 3.63) is 23.8 Å². The molecule has 1 aromatic rings. The standard InChI is InChI=1S/C15H24N2O3/c1-4-11(2)17-15(19)7-8-16-10-12-5-6-13(18)14(9-12)20-3/h5-6,9,11,16,18H,4,7-8,10H2,1-3H3,(H,17,19). The van der Waals surface area contributed by atoms with E-state index in [0.29, 0.717) is 25.3 Å². The molecule has 0 aliphatic rings. The highest BCUT2D eigenvalue weighted by atomic mass is 16.5. The normalized spacial score (nSPS) is 11.9. The second-order valence-corrected chi connectivity index (χ2v) is 4.81. The molecule has 112 valence electrons. The van der Waals surface area contributed by atoms with E-state index in [0.717, 1.165) is 12.0 Å². The molecule has 1 atom stereocenters. The van der Waals surface area contributed by atoms with Gasteiger partial charge in [0, 0.05) is 25.6 Å². The van der Waals surface area contributed by atoms with Gasteiger partial charge >= 0.3 is 0 Å². The van der Waals surface area contributed by atoms with Gasteiger partial charge in [-0.25, -0.2) is 0 Å². The molecular formula is C15H24N2O3. The van der Waals surface area contributed by atoms with Crippen molar-refractivity contribution >= 4 is 5.91 Å². The number of hydrogen-bond acceptors (Lipinski definition) is 4. The first kappa shape index (κ1) is 16.3. The molecule has 0 radical (unpaired) electrons. The maximum absolute atomic E-state index is 11.6. The van der Waals surface area contributed by atoms with Gasteiger partial charge in [0.2, 0.25) is 5.91 Å². The van der Waals surface area contributed by atoms with Gasteiger partial charge in [0.05, 0.1) is 7.11 Å². The van der Waals surface area contributed by atoms with Crippen LogP contribution in [0.15, 0.2) is 18.2 Å². The number of ether oxygens (including phenoxy) is 1. The number of phenolic OH excluding ortho intramolecular Hbond substituents is 1. The van der Waals surface area contributed by atoms with Gasteiger partial charge in [0.1, 0.15) is 0 Å². The average molecular weight is 280 g/mol. The molecular weight excluding hydrogens is 256 g/mol. The summed E-state index contributed by atoms with van der Waals surface area (Å²) in [6.07, 6.45) is 1.39. The van der Waals surface area contributed by atoms with Crippen molar-refractivity contribution in [2.45, 2.75) is 39.3 Å². The van der Waals surface area contributed by atoms with Crippen molar-refractivity contribution < 1.29 is 14.6 Å². The van der Waals surface area contributed by atoms with Crippen molar-refractivity contribution in [1.29, 1.82) is 0 Å². The van der Waals surface area contributed by atoms with Crippen LogP contribution in [0, 0.1) is 0 Å². The molecule has 0 spiro atoms. The van der Waals surface area contributed by atoms with Gasteiger partial charge < -0.3 is 20.5 Å². The fourth-order valence-electron chi connectivity index (χ4n) is 1.72. The Hall–Kier alpha value is -1.75. The minimum Gasteiger partial charge on any atom is -0.504 e. The maximum atomic E-state index is 11.6. The Morgan fingerprint density at radius 3 is 2.85 bits per heavy atom. The van der Waals surface area contributed by atoms with Crippen LogP contribution in [0.5, 0.6) is 11.5 Å². The second-order valence-electron chi connectivity index (χ2n) is 4.81. The summed E-state index contributed by atoms with van der Waals surface area (Å²) in [4.78, 5) is 11.6. The molecule has 1 unspecified atom stereocenters. The minimum absolute atomic E-state index is 0.0649. The van der Waals surface area contributed by atoms with Gasteiger partial charge in [-0.15, -0.1) is 0 Å². The summed E-state index contributed by atoms with van der Waals surface area (Å²) in [5.74, 6) is 0.651. The Labute approximate surface area is 120 Å². The second kappa shape index (κ2) is 8.43. The van der Waals surface area contributed by atoms with E-state index in [4.69, 9.17) is 4.74 Å². The zero-order valence-corrected chi connectivity index (χ0v) is 12.4. The summed E-state index contributed by atoms with van der Waals surface area (Å²) in [5.41, 5.74) is 1.00. The molecule has 0 aliphatic carbocycles. The van der Waals surface area contributed by atoms with E-state index in [2.05, 4.69) is 10.6 Å². The lowest BCUT2D eigenvalue weighted by molar-refractivity contribution is -0.121. The highest BCUT2D eigenvalue weighted by Gasteiger charge is 2.05. The van der Waals surface area contributed by atoms with Gasteiger partial charge in [0.15, 0.2) is 11.5 Å². The smallest absolute Gasteiger partial charge is 0.221 e. The van der Waals surface area contributed by atoms with Crippen LogP contribution < -0.4 is 15.4 Å². The molecule has 1 amide bonds. The lowest BCUT2D eigenvalue weighted by Crippen LogP contribution is -2.33. The van der Waals surface area contributed by atoms with Crippen LogP contribution in [-0.4, -0.2) is 30.7 Å². The molecule has 1 rings (SSSR count). The summed E-state index contributed by atoms with van der Waals surface area (Å²) in [5, 5.41) is 15.6. The average Bonchev–Trinajstić information content (AvgIpc) is 2.45. The fraction of sp³-hybridized carbons (Fsp3) is 0.533. The predicted molar refractivity (Wildman–Crippen MR) is 78.9 cm³/mol. The van der Waals surface area contributed by atoms with E-state index in [1.54, 1.807) is 12.1 Å². The molecule has 0 saturated heterocycles. The molecule has 5 heteroatoms. The third-order valence-corrected chi connectivity index (χ3v) is 3.12. The zero-order valence-electron chi connectivity index (χ0n) is 12.4. The predicted octanol–water partition coefficient (Wildman–Crippen LogP) is 1.80. The van der Waals surface area contributed by atoms with E-state index in [1.165, 1.54) is 7.11 Å². The van der Waals surface area contributed by atoms with Crippen molar-refractivity contribution in [1.82, 2.24) is 10.6 Å². The molecule has 0 aromatic heterocycles. The molecule has 3 N–H and O–H groups in total. The van der Waals surface area contributed by atoms with Crippen molar-refractivity contribution in [3.8, 4) is 11.5 Å². The fourth-order valence-corrected chi connectivity index (χ4v) is 1.72. The number of benzene rings is 1. The highest BCUT2D eigenvalue weighted by molar-refractivity contribution is 5.76. The molecule has 1 aromatic carbocycles. The van der Waals surface area contributed by atoms with Crippen LogP contribution in [0.3, 0.4) is 0 Å². The number of hydrogen-bond donors (Lipinski definition) is 3. The van der Waals surface area contributed by atoms with Crippen LogP contribution in [0.2, 0.25) is 0 Å². The number of carbonyl (C=O) groups excluding carboxylic acids is 1. The molecule has 0 bridgehead atoms. The third-order valence-electron chi connectivity index (χ3n) is 3.12. The zero-order chi connectivity index (χ0) is 15.0. The number of phenols is 1. The molecule has 0 fully saturated rings. The topological polar surface area (TPSA) is 70.6 Å². The molecule has 20 heavy (non-hydrogen) atoms. The summed E-state index contributed by atoms with van der Waals surface area (Å²) >= 11 is 0. The van der Waals surface area contributed by atoms with Crippen molar-refractivity contribution in [2.75, 3.05) is 13.7 Å². The Kier molecular flexibility index (Phi) is 6.87. The van der Waals surface area contributed by atoms with Crippen LogP contribution in [0.25, 0.3) is 0 Å². The number of carbonyl (C=O) groups is 1. The summed E-state index contributed by atoms with van der Waals surface area (Å²) in [7, 11) is 1.52. The third kappa shape index (κ3) is 5.48. The van der Waals surface area contributed by atoms with Gasteiger partial charge in [-0.1, -0.05) is 13.0 Å². The van der Waals surface area contributed by atoms with Gasteiger partial charge in [-0.3, -0.25) is 4.79 Å². The van der Waals surface area contributed by atoms with Crippen molar-refractivity contribution in [2.24, 2.45) is 0 Å². The van der Waals surface area contributed by atoms with Crippen molar-refractivity contribution in [3.63, 3.8) is 0 Å². The van der Waals surface area contributed by atoms with Gasteiger partial charge in [-0.2, -0.15) is 0 Å². The number of nitrogens with one attached hydrogen (secondary N) is 2. The SMILES string of the molecule is CCC(C)NC(=O)CCNCc1ccc(O)c(OC)c1. The molecule has 5 nitrogen and oxygen atoms in total. The number of amides is 1. The number of aromatic hydroxyl groups is 1. The van der Waals surface area contributed by atoms with E-state index >= 15 is 0 Å². The first-order valence-corrected chi connectivity index (χ1v) is 6.92. The number of rotatable bonds is 8. The minimum atomic E-state index is 0.0649. The van der Waals surface area contributed by atoms with E-state index in [1.807, 2.05) is 19.9 Å². The largest absolute Gasteiger partial charge is 0.504 e. The van der Waals surface area contributed by atoms with E-state index in [-0.39, 0.29) is 17.7 Å². The highest BCUT2D eigenvalue weighted by Crippen LogP contribution is 2.25. The van der Waals surface area contributed by atoms with Crippen LogP contribution in [0.4, 0.5) is 0 Å². The van der Waals surface area contributed by atoms with Crippen LogP contribution in [0.1, 0.15) is 32.3 Å². The molecule has 0 saturated carbocycles. The first-order chi connectivity index (χ1) is 9.56. The Bertz CT molecular complexity index is 435. The quantitative estimate of drug-likeness (QED) is 0.635. The summed E-state index contributed by atoms with van der Waals surface area (Å²) in [6, 6.07) is 5.43. The van der Waals surface area contributed by atoms with Crippen LogP contribution in [-0.2, 0) is 11.3 Å². The lowest BCUT2D eigenvalue weighted by Gasteiger charge is -2.11. The van der Waals surface area contributed by atoms with E-state index < -0.39 is 0 Å². The Balaban J connectivity index is 2.29. The molecule has 0 aliphatic heterocycles. The monoisotopic (exact) mass is 280 g/mol. The van der Waals surface area contributed by atoms with E-state index in [9.17, 15) is 9.90 Å². The Morgan fingerprint density at radius 1 is 1.45 bits per heavy atom. The lowest BCUT2D eigenvalue weighted by atomic mass is 10.2. The number of methoxy groups -OCH3 is 1. The maximum Gasteiger partial charge on any atom is 0.221 e. The summed E-state index contributed by atoms with van der Waals surface area (Å²) < 4.78 is 5.04. The van der Waals surface area contributed by atoms with Gasteiger partial charge in [-0.05, 0) is 31.0 Å². The van der Waals surface area contributed by atoms with Crippen LogP contribution >= 0.6 is 0 Å².